The third kappa shape index (κ3) is 4.00. The number of hydrogen-bond donors (Lipinski definition) is 1. The van der Waals surface area contributed by atoms with Crippen LogP contribution in [0.2, 0.25) is 5.02 Å². The SMILES string of the molecule is COCc1cccc(NC(=O)c2csc(-c3cccc(Cl)c3)n2)c1. The topological polar surface area (TPSA) is 51.2 Å². The minimum Gasteiger partial charge on any atom is -0.380 e. The van der Waals surface area contributed by atoms with Crippen molar-refractivity contribution in [1.82, 2.24) is 4.98 Å². The normalized spacial score (nSPS) is 10.6. The lowest BCUT2D eigenvalue weighted by Gasteiger charge is -2.05. The van der Waals surface area contributed by atoms with Crippen LogP contribution in [0, 0.1) is 0 Å². The molecule has 0 atom stereocenters. The van der Waals surface area contributed by atoms with E-state index in [0.717, 1.165) is 16.1 Å². The number of carbonyl (C=O) groups excluding carboxylic acids is 1. The Hall–Kier alpha value is -2.21. The number of methoxy groups -OCH3 is 1. The van der Waals surface area contributed by atoms with Crippen molar-refractivity contribution >= 4 is 34.5 Å². The Labute approximate surface area is 149 Å². The molecule has 6 heteroatoms. The average Bonchev–Trinajstić information content (AvgIpc) is 3.06. The van der Waals surface area contributed by atoms with Gasteiger partial charge in [-0.05, 0) is 29.8 Å². The van der Waals surface area contributed by atoms with Crippen LogP contribution >= 0.6 is 22.9 Å². The maximum Gasteiger partial charge on any atom is 0.275 e. The second-order valence-electron chi connectivity index (χ2n) is 5.14. The molecule has 0 saturated carbocycles. The van der Waals surface area contributed by atoms with Gasteiger partial charge in [0, 0.05) is 28.8 Å². The fourth-order valence-electron chi connectivity index (χ4n) is 2.23. The van der Waals surface area contributed by atoms with Gasteiger partial charge in [0.2, 0.25) is 0 Å². The Morgan fingerprint density at radius 1 is 1.25 bits per heavy atom. The molecule has 0 spiro atoms. The average molecular weight is 359 g/mol. The molecule has 0 radical (unpaired) electrons. The van der Waals surface area contributed by atoms with Gasteiger partial charge in [-0.2, -0.15) is 0 Å². The molecule has 0 aliphatic rings. The highest BCUT2D eigenvalue weighted by atomic mass is 35.5. The Kier molecular flexibility index (Phi) is 5.25. The second kappa shape index (κ2) is 7.57. The number of ether oxygens (including phenoxy) is 1. The van der Waals surface area contributed by atoms with Gasteiger partial charge in [0.05, 0.1) is 6.61 Å². The summed E-state index contributed by atoms with van der Waals surface area (Å²) in [4.78, 5) is 16.8. The first kappa shape index (κ1) is 16.6. The molecule has 3 rings (SSSR count). The molecule has 122 valence electrons. The minimum absolute atomic E-state index is 0.242. The Bertz CT molecular complexity index is 863. The summed E-state index contributed by atoms with van der Waals surface area (Å²) in [7, 11) is 1.64. The molecule has 0 aliphatic carbocycles. The number of hydrogen-bond acceptors (Lipinski definition) is 4. The zero-order valence-electron chi connectivity index (χ0n) is 13.0. The van der Waals surface area contributed by atoms with Crippen molar-refractivity contribution in [3.63, 3.8) is 0 Å². The molecule has 3 aromatic rings. The van der Waals surface area contributed by atoms with E-state index in [9.17, 15) is 4.79 Å². The molecule has 1 amide bonds. The number of nitrogens with one attached hydrogen (secondary N) is 1. The van der Waals surface area contributed by atoms with E-state index in [4.69, 9.17) is 16.3 Å². The van der Waals surface area contributed by atoms with Crippen molar-refractivity contribution in [2.45, 2.75) is 6.61 Å². The van der Waals surface area contributed by atoms with Crippen molar-refractivity contribution in [3.05, 3.63) is 70.2 Å². The van der Waals surface area contributed by atoms with Crippen LogP contribution in [0.25, 0.3) is 10.6 Å². The van der Waals surface area contributed by atoms with Gasteiger partial charge in [-0.1, -0.05) is 35.9 Å². The third-order valence-electron chi connectivity index (χ3n) is 3.30. The number of nitrogens with zero attached hydrogens (tertiary/aromatic N) is 1. The van der Waals surface area contributed by atoms with E-state index in [1.165, 1.54) is 11.3 Å². The van der Waals surface area contributed by atoms with E-state index < -0.39 is 0 Å². The van der Waals surface area contributed by atoms with Crippen LogP contribution in [0.4, 0.5) is 5.69 Å². The molecule has 4 nitrogen and oxygen atoms in total. The predicted molar refractivity (Wildman–Crippen MR) is 97.7 cm³/mol. The largest absolute Gasteiger partial charge is 0.380 e. The Morgan fingerprint density at radius 3 is 2.88 bits per heavy atom. The van der Waals surface area contributed by atoms with E-state index in [1.54, 1.807) is 18.6 Å². The van der Waals surface area contributed by atoms with Crippen molar-refractivity contribution in [2.24, 2.45) is 0 Å². The molecule has 0 bridgehead atoms. The van der Waals surface area contributed by atoms with Crippen LogP contribution < -0.4 is 5.32 Å². The van der Waals surface area contributed by atoms with E-state index in [2.05, 4.69) is 10.3 Å². The number of rotatable bonds is 5. The van der Waals surface area contributed by atoms with Gasteiger partial charge in [0.25, 0.3) is 5.91 Å². The molecule has 0 aliphatic heterocycles. The van der Waals surface area contributed by atoms with Crippen LogP contribution in [-0.2, 0) is 11.3 Å². The molecule has 0 saturated heterocycles. The summed E-state index contributed by atoms with van der Waals surface area (Å²) in [6.07, 6.45) is 0. The van der Waals surface area contributed by atoms with Gasteiger partial charge in [-0.3, -0.25) is 4.79 Å². The maximum absolute atomic E-state index is 12.4. The lowest BCUT2D eigenvalue weighted by Crippen LogP contribution is -2.12. The number of anilines is 1. The van der Waals surface area contributed by atoms with Gasteiger partial charge in [0.1, 0.15) is 10.7 Å². The van der Waals surface area contributed by atoms with Gasteiger partial charge in [0.15, 0.2) is 0 Å². The van der Waals surface area contributed by atoms with Gasteiger partial charge in [-0.25, -0.2) is 4.98 Å². The number of aromatic nitrogens is 1. The van der Waals surface area contributed by atoms with Crippen LogP contribution in [0.15, 0.2) is 53.9 Å². The fourth-order valence-corrected chi connectivity index (χ4v) is 3.22. The zero-order valence-corrected chi connectivity index (χ0v) is 14.5. The van der Waals surface area contributed by atoms with E-state index in [1.807, 2.05) is 42.5 Å². The highest BCUT2D eigenvalue weighted by Crippen LogP contribution is 2.26. The Balaban J connectivity index is 1.75. The van der Waals surface area contributed by atoms with Crippen molar-refractivity contribution in [1.29, 1.82) is 0 Å². The zero-order chi connectivity index (χ0) is 16.9. The third-order valence-corrected chi connectivity index (χ3v) is 4.43. The maximum atomic E-state index is 12.4. The quantitative estimate of drug-likeness (QED) is 0.708. The van der Waals surface area contributed by atoms with Gasteiger partial charge < -0.3 is 10.1 Å². The molecule has 0 fully saturated rings. The lowest BCUT2D eigenvalue weighted by atomic mass is 10.2. The van der Waals surface area contributed by atoms with E-state index in [-0.39, 0.29) is 5.91 Å². The fraction of sp³-hybridized carbons (Fsp3) is 0.111. The number of carbonyl (C=O) groups is 1. The van der Waals surface area contributed by atoms with Gasteiger partial charge in [-0.15, -0.1) is 11.3 Å². The summed E-state index contributed by atoms with van der Waals surface area (Å²) < 4.78 is 5.10. The molecular weight excluding hydrogens is 344 g/mol. The Morgan fingerprint density at radius 2 is 2.08 bits per heavy atom. The summed E-state index contributed by atoms with van der Waals surface area (Å²) in [5.74, 6) is -0.242. The number of halogens is 1. The van der Waals surface area contributed by atoms with Crippen molar-refractivity contribution in [3.8, 4) is 10.6 Å². The predicted octanol–water partition coefficient (Wildman–Crippen LogP) is 4.86. The summed E-state index contributed by atoms with van der Waals surface area (Å²) in [5.41, 5.74) is 2.99. The summed E-state index contributed by atoms with van der Waals surface area (Å²) in [6.45, 7) is 0.499. The molecule has 0 unspecified atom stereocenters. The van der Waals surface area contributed by atoms with Crippen molar-refractivity contribution in [2.75, 3.05) is 12.4 Å². The number of amides is 1. The van der Waals surface area contributed by atoms with Crippen LogP contribution in [0.5, 0.6) is 0 Å². The molecule has 1 heterocycles. The highest BCUT2D eigenvalue weighted by molar-refractivity contribution is 7.13. The number of benzene rings is 2. The molecule has 2 aromatic carbocycles. The summed E-state index contributed by atoms with van der Waals surface area (Å²) in [6, 6.07) is 14.9. The first-order valence-corrected chi connectivity index (χ1v) is 8.52. The first-order chi connectivity index (χ1) is 11.7. The molecule has 1 aromatic heterocycles. The second-order valence-corrected chi connectivity index (χ2v) is 6.43. The summed E-state index contributed by atoms with van der Waals surface area (Å²) in [5, 5.41) is 6.00. The van der Waals surface area contributed by atoms with Gasteiger partial charge >= 0.3 is 0 Å². The highest BCUT2D eigenvalue weighted by Gasteiger charge is 2.12. The monoisotopic (exact) mass is 358 g/mol. The van der Waals surface area contributed by atoms with E-state index in [0.29, 0.717) is 23.0 Å². The van der Waals surface area contributed by atoms with Crippen molar-refractivity contribution < 1.29 is 9.53 Å². The first-order valence-electron chi connectivity index (χ1n) is 7.26. The summed E-state index contributed by atoms with van der Waals surface area (Å²) >= 11 is 7.41. The molecule has 24 heavy (non-hydrogen) atoms. The van der Waals surface area contributed by atoms with Crippen LogP contribution in [0.1, 0.15) is 16.1 Å². The molecular formula is C18H15ClN2O2S. The molecule has 1 N–H and O–H groups in total. The van der Waals surface area contributed by atoms with Crippen LogP contribution in [0.3, 0.4) is 0 Å². The van der Waals surface area contributed by atoms with Crippen LogP contribution in [-0.4, -0.2) is 18.0 Å². The standard InChI is InChI=1S/C18H15ClN2O2S/c1-23-10-12-4-2-7-15(8-12)20-17(22)16-11-24-18(21-16)13-5-3-6-14(19)9-13/h2-9,11H,10H2,1H3,(H,20,22). The number of thiazole rings is 1. The van der Waals surface area contributed by atoms with E-state index >= 15 is 0 Å². The minimum atomic E-state index is -0.242. The smallest absolute Gasteiger partial charge is 0.275 e. The lowest BCUT2D eigenvalue weighted by molar-refractivity contribution is 0.102.